The maximum absolute atomic E-state index is 12.8. The molecular weight excluding hydrogens is 336 g/mol. The van der Waals surface area contributed by atoms with Crippen molar-refractivity contribution >= 4 is 21.4 Å². The molecule has 1 aromatic rings. The van der Waals surface area contributed by atoms with Crippen LogP contribution in [0.4, 0.5) is 5.69 Å². The second-order valence-corrected chi connectivity index (χ2v) is 10.3. The third-order valence-electron chi connectivity index (χ3n) is 6.66. The topological polar surface area (TPSA) is 78.8 Å². The standard InChI is InChI=1S/C19H26N2O3S/c1-12-18(2,3)16-9-15(6-7-17(16)21-12)25(23,24)20-11-19(22)10-13-4-5-14(19)8-13/h6-7,9,13-14,20,22H,4-5,8,10-11H2,1-3H3/t13-,14+,19-/m0/s1. The van der Waals surface area contributed by atoms with Crippen LogP contribution in [0.2, 0.25) is 0 Å². The molecule has 3 atom stereocenters. The summed E-state index contributed by atoms with van der Waals surface area (Å²) in [5.41, 5.74) is 1.62. The Bertz CT molecular complexity index is 859. The smallest absolute Gasteiger partial charge is 0.240 e. The number of hydrogen-bond acceptors (Lipinski definition) is 4. The van der Waals surface area contributed by atoms with Crippen molar-refractivity contribution in [2.75, 3.05) is 6.54 Å². The number of nitrogens with one attached hydrogen (secondary N) is 1. The van der Waals surface area contributed by atoms with Crippen LogP contribution < -0.4 is 4.72 Å². The van der Waals surface area contributed by atoms with Gasteiger partial charge in [-0.1, -0.05) is 13.8 Å². The predicted octanol–water partition coefficient (Wildman–Crippen LogP) is 2.90. The zero-order valence-electron chi connectivity index (χ0n) is 15.0. The fraction of sp³-hybridized carbons (Fsp3) is 0.632. The van der Waals surface area contributed by atoms with Gasteiger partial charge < -0.3 is 5.11 Å². The minimum absolute atomic E-state index is 0.104. The molecule has 1 aliphatic heterocycles. The van der Waals surface area contributed by atoms with E-state index in [9.17, 15) is 13.5 Å². The van der Waals surface area contributed by atoms with E-state index in [0.29, 0.717) is 12.3 Å². The van der Waals surface area contributed by atoms with Gasteiger partial charge in [0.1, 0.15) is 0 Å². The molecule has 5 nitrogen and oxygen atoms in total. The summed E-state index contributed by atoms with van der Waals surface area (Å²) in [4.78, 5) is 4.78. The molecule has 4 rings (SSSR count). The summed E-state index contributed by atoms with van der Waals surface area (Å²) in [7, 11) is -3.65. The summed E-state index contributed by atoms with van der Waals surface area (Å²) in [6.07, 6.45) is 3.91. The van der Waals surface area contributed by atoms with Gasteiger partial charge in [0.05, 0.1) is 16.2 Å². The Labute approximate surface area is 149 Å². The normalized spacial score (nSPS) is 32.7. The lowest BCUT2D eigenvalue weighted by atomic mass is 9.82. The Morgan fingerprint density at radius 2 is 2.08 bits per heavy atom. The molecule has 1 heterocycles. The van der Waals surface area contributed by atoms with Crippen LogP contribution in [0.25, 0.3) is 0 Å². The van der Waals surface area contributed by atoms with Gasteiger partial charge in [0.15, 0.2) is 0 Å². The van der Waals surface area contributed by atoms with Crippen molar-refractivity contribution in [2.45, 2.75) is 62.4 Å². The molecule has 2 bridgehead atoms. The van der Waals surface area contributed by atoms with Crippen molar-refractivity contribution in [3.63, 3.8) is 0 Å². The molecule has 136 valence electrons. The number of rotatable bonds is 4. The third-order valence-corrected chi connectivity index (χ3v) is 8.05. The second kappa shape index (κ2) is 5.38. The number of nitrogens with zero attached hydrogens (tertiary/aromatic N) is 1. The maximum Gasteiger partial charge on any atom is 0.240 e. The quantitative estimate of drug-likeness (QED) is 0.864. The summed E-state index contributed by atoms with van der Waals surface area (Å²) < 4.78 is 28.2. The van der Waals surface area contributed by atoms with E-state index in [1.807, 2.05) is 6.92 Å². The van der Waals surface area contributed by atoms with Gasteiger partial charge in [-0.05, 0) is 68.2 Å². The zero-order valence-corrected chi connectivity index (χ0v) is 15.9. The molecule has 0 radical (unpaired) electrons. The van der Waals surface area contributed by atoms with Gasteiger partial charge in [-0.2, -0.15) is 0 Å². The highest BCUT2D eigenvalue weighted by Crippen LogP contribution is 2.50. The third kappa shape index (κ3) is 2.66. The van der Waals surface area contributed by atoms with Gasteiger partial charge in [-0.25, -0.2) is 13.1 Å². The monoisotopic (exact) mass is 362 g/mol. The summed E-state index contributed by atoms with van der Waals surface area (Å²) in [6.45, 7) is 6.18. The fourth-order valence-corrected chi connectivity index (χ4v) is 5.86. The molecule has 2 aliphatic carbocycles. The highest BCUT2D eigenvalue weighted by Gasteiger charge is 2.50. The second-order valence-electron chi connectivity index (χ2n) is 8.51. The lowest BCUT2D eigenvalue weighted by Crippen LogP contribution is -2.46. The molecule has 25 heavy (non-hydrogen) atoms. The summed E-state index contributed by atoms with van der Waals surface area (Å²) in [5.74, 6) is 0.788. The molecular formula is C19H26N2O3S. The van der Waals surface area contributed by atoms with Crippen LogP contribution in [-0.2, 0) is 15.4 Å². The van der Waals surface area contributed by atoms with Crippen LogP contribution >= 0.6 is 0 Å². The lowest BCUT2D eigenvalue weighted by molar-refractivity contribution is -0.00739. The van der Waals surface area contributed by atoms with E-state index in [0.717, 1.165) is 29.8 Å². The van der Waals surface area contributed by atoms with Crippen molar-refractivity contribution in [2.24, 2.45) is 16.8 Å². The first kappa shape index (κ1) is 17.2. The van der Waals surface area contributed by atoms with E-state index in [2.05, 4.69) is 23.6 Å². The van der Waals surface area contributed by atoms with Crippen LogP contribution in [0.5, 0.6) is 0 Å². The van der Waals surface area contributed by atoms with Gasteiger partial charge in [-0.15, -0.1) is 0 Å². The van der Waals surface area contributed by atoms with Crippen molar-refractivity contribution in [1.29, 1.82) is 0 Å². The molecule has 2 saturated carbocycles. The van der Waals surface area contributed by atoms with Crippen LogP contribution in [0, 0.1) is 11.8 Å². The van der Waals surface area contributed by atoms with E-state index in [1.54, 1.807) is 18.2 Å². The minimum atomic E-state index is -3.65. The Kier molecular flexibility index (Phi) is 3.70. The molecule has 3 aliphatic rings. The minimum Gasteiger partial charge on any atom is -0.388 e. The van der Waals surface area contributed by atoms with Gasteiger partial charge in [0, 0.05) is 17.7 Å². The number of aliphatic imine (C=N–C) groups is 1. The molecule has 0 aromatic heterocycles. The number of aliphatic hydroxyl groups is 1. The van der Waals surface area contributed by atoms with E-state index >= 15 is 0 Å². The molecule has 0 amide bonds. The van der Waals surface area contributed by atoms with E-state index < -0.39 is 15.6 Å². The Balaban J connectivity index is 1.55. The van der Waals surface area contributed by atoms with Gasteiger partial charge in [-0.3, -0.25) is 4.99 Å². The number of sulfonamides is 1. The Morgan fingerprint density at radius 1 is 1.32 bits per heavy atom. The van der Waals surface area contributed by atoms with Crippen molar-refractivity contribution in [3.8, 4) is 0 Å². The van der Waals surface area contributed by atoms with Crippen molar-refractivity contribution < 1.29 is 13.5 Å². The highest BCUT2D eigenvalue weighted by molar-refractivity contribution is 7.89. The number of fused-ring (bicyclic) bond motifs is 3. The maximum atomic E-state index is 12.8. The van der Waals surface area contributed by atoms with Gasteiger partial charge >= 0.3 is 0 Å². The fourth-order valence-electron chi connectivity index (χ4n) is 4.73. The van der Waals surface area contributed by atoms with Crippen molar-refractivity contribution in [1.82, 2.24) is 4.72 Å². The van der Waals surface area contributed by atoms with Crippen LogP contribution in [0.3, 0.4) is 0 Å². The van der Waals surface area contributed by atoms with Gasteiger partial charge in [0.2, 0.25) is 10.0 Å². The van der Waals surface area contributed by atoms with E-state index in [4.69, 9.17) is 0 Å². The molecule has 0 spiro atoms. The van der Waals surface area contributed by atoms with E-state index in [1.165, 1.54) is 6.42 Å². The lowest BCUT2D eigenvalue weighted by Gasteiger charge is -2.32. The highest BCUT2D eigenvalue weighted by atomic mass is 32.2. The summed E-state index contributed by atoms with van der Waals surface area (Å²) >= 11 is 0. The molecule has 0 saturated heterocycles. The molecule has 2 N–H and O–H groups in total. The molecule has 0 unspecified atom stereocenters. The molecule has 6 heteroatoms. The molecule has 1 aromatic carbocycles. The Morgan fingerprint density at radius 3 is 2.72 bits per heavy atom. The largest absolute Gasteiger partial charge is 0.388 e. The average Bonchev–Trinajstić information content (AvgIpc) is 3.19. The van der Waals surface area contributed by atoms with Crippen LogP contribution in [0.1, 0.15) is 52.0 Å². The van der Waals surface area contributed by atoms with Crippen LogP contribution in [0.15, 0.2) is 28.1 Å². The first-order chi connectivity index (χ1) is 11.6. The number of hydrogen-bond donors (Lipinski definition) is 2. The predicted molar refractivity (Wildman–Crippen MR) is 97.8 cm³/mol. The van der Waals surface area contributed by atoms with E-state index in [-0.39, 0.29) is 22.8 Å². The van der Waals surface area contributed by atoms with Crippen molar-refractivity contribution in [3.05, 3.63) is 23.8 Å². The SMILES string of the molecule is CC1=Nc2ccc(S(=O)(=O)NC[C@@]3(O)C[C@H]4CC[C@@H]3C4)cc2C1(C)C. The molecule has 2 fully saturated rings. The average molecular weight is 362 g/mol. The van der Waals surface area contributed by atoms with Gasteiger partial charge in [0.25, 0.3) is 0 Å². The first-order valence-electron chi connectivity index (χ1n) is 9.04. The van der Waals surface area contributed by atoms with Crippen LogP contribution in [-0.4, -0.2) is 31.4 Å². The summed E-state index contributed by atoms with van der Waals surface area (Å²) in [5, 5.41) is 10.8. The Hall–Kier alpha value is -1.24. The zero-order chi connectivity index (χ0) is 18.0. The first-order valence-corrected chi connectivity index (χ1v) is 10.5. The number of benzene rings is 1. The summed E-state index contributed by atoms with van der Waals surface area (Å²) in [6, 6.07) is 5.10.